The minimum absolute atomic E-state index is 0.0377. The summed E-state index contributed by atoms with van der Waals surface area (Å²) in [5.41, 5.74) is 0.304. The van der Waals surface area contributed by atoms with Crippen molar-refractivity contribution < 1.29 is 14.6 Å². The Balaban J connectivity index is 2.11. The van der Waals surface area contributed by atoms with E-state index in [1.807, 2.05) is 20.8 Å². The summed E-state index contributed by atoms with van der Waals surface area (Å²) in [4.78, 5) is 11.4. The van der Waals surface area contributed by atoms with Gasteiger partial charge in [0.2, 0.25) is 0 Å². The molecule has 1 amide bonds. The lowest BCUT2D eigenvalue weighted by Crippen LogP contribution is -2.36. The Morgan fingerprint density at radius 3 is 2.85 bits per heavy atom. The van der Waals surface area contributed by atoms with Crippen molar-refractivity contribution in [2.75, 3.05) is 19.7 Å². The smallest absolute Gasteiger partial charge is 0.407 e. The van der Waals surface area contributed by atoms with Crippen LogP contribution < -0.4 is 10.6 Å². The van der Waals surface area contributed by atoms with E-state index in [-0.39, 0.29) is 6.61 Å². The van der Waals surface area contributed by atoms with Crippen LogP contribution >= 0.6 is 0 Å². The molecule has 0 saturated carbocycles. The second-order valence-electron chi connectivity index (χ2n) is 5.30. The van der Waals surface area contributed by atoms with Crippen molar-refractivity contribution in [1.29, 1.82) is 0 Å². The van der Waals surface area contributed by atoms with Gasteiger partial charge in [0.25, 0.3) is 0 Å². The summed E-state index contributed by atoms with van der Waals surface area (Å²) < 4.78 is 6.68. The third-order valence-corrected chi connectivity index (χ3v) is 2.19. The first-order valence-corrected chi connectivity index (χ1v) is 6.58. The lowest BCUT2D eigenvalue weighted by atomic mass is 10.2. The molecule has 0 aromatic carbocycles. The summed E-state index contributed by atoms with van der Waals surface area (Å²) in [7, 11) is 0. The quantitative estimate of drug-likeness (QED) is 0.604. The molecule has 0 saturated heterocycles. The largest absolute Gasteiger partial charge is 0.444 e. The first kappa shape index (κ1) is 16.4. The number of aromatic nitrogens is 3. The molecule has 20 heavy (non-hydrogen) atoms. The predicted molar refractivity (Wildman–Crippen MR) is 73.1 cm³/mol. The van der Waals surface area contributed by atoms with E-state index in [9.17, 15) is 4.79 Å². The average Bonchev–Trinajstić information content (AvgIpc) is 2.74. The summed E-state index contributed by atoms with van der Waals surface area (Å²) >= 11 is 0. The van der Waals surface area contributed by atoms with Gasteiger partial charge in [0.1, 0.15) is 5.60 Å². The average molecular weight is 285 g/mol. The summed E-state index contributed by atoms with van der Waals surface area (Å²) in [6.45, 7) is 7.57. The SMILES string of the molecule is CC(C)(C)OC(=O)NCCNCc1cn(CCO)nn1. The fraction of sp³-hybridized carbons (Fsp3) is 0.750. The minimum atomic E-state index is -0.483. The maximum atomic E-state index is 11.4. The summed E-state index contributed by atoms with van der Waals surface area (Å²) in [6, 6.07) is 0. The molecule has 0 spiro atoms. The highest BCUT2D eigenvalue weighted by Crippen LogP contribution is 2.05. The highest BCUT2D eigenvalue weighted by molar-refractivity contribution is 5.67. The second kappa shape index (κ2) is 7.81. The first-order chi connectivity index (χ1) is 9.40. The van der Waals surface area contributed by atoms with Gasteiger partial charge in [-0.2, -0.15) is 0 Å². The molecule has 1 rings (SSSR count). The fourth-order valence-corrected chi connectivity index (χ4v) is 1.41. The first-order valence-electron chi connectivity index (χ1n) is 6.58. The number of nitrogens with one attached hydrogen (secondary N) is 2. The zero-order valence-corrected chi connectivity index (χ0v) is 12.2. The molecule has 0 bridgehead atoms. The normalized spacial score (nSPS) is 11.4. The topological polar surface area (TPSA) is 101 Å². The van der Waals surface area contributed by atoms with Crippen LogP contribution in [0.3, 0.4) is 0 Å². The third-order valence-electron chi connectivity index (χ3n) is 2.19. The van der Waals surface area contributed by atoms with Crippen molar-refractivity contribution >= 4 is 6.09 Å². The van der Waals surface area contributed by atoms with E-state index in [1.165, 1.54) is 0 Å². The van der Waals surface area contributed by atoms with E-state index in [0.29, 0.717) is 26.2 Å². The third kappa shape index (κ3) is 7.05. The van der Waals surface area contributed by atoms with Gasteiger partial charge in [-0.25, -0.2) is 9.48 Å². The number of carbonyl (C=O) groups excluding carboxylic acids is 1. The summed E-state index contributed by atoms with van der Waals surface area (Å²) in [5, 5.41) is 22.3. The molecule has 8 nitrogen and oxygen atoms in total. The number of rotatable bonds is 7. The number of aliphatic hydroxyl groups excluding tert-OH is 1. The van der Waals surface area contributed by atoms with Crippen LogP contribution in [0.2, 0.25) is 0 Å². The van der Waals surface area contributed by atoms with Crippen molar-refractivity contribution in [2.45, 2.75) is 39.5 Å². The molecule has 1 heterocycles. The van der Waals surface area contributed by atoms with Gasteiger partial charge in [-0.05, 0) is 20.8 Å². The van der Waals surface area contributed by atoms with Crippen molar-refractivity contribution in [2.24, 2.45) is 0 Å². The molecule has 1 aromatic rings. The molecular weight excluding hydrogens is 262 g/mol. The van der Waals surface area contributed by atoms with Gasteiger partial charge in [0, 0.05) is 25.8 Å². The van der Waals surface area contributed by atoms with Crippen molar-refractivity contribution in [3.05, 3.63) is 11.9 Å². The van der Waals surface area contributed by atoms with Crippen LogP contribution in [-0.2, 0) is 17.8 Å². The number of amides is 1. The Morgan fingerprint density at radius 1 is 1.45 bits per heavy atom. The second-order valence-corrected chi connectivity index (χ2v) is 5.30. The van der Waals surface area contributed by atoms with Crippen LogP contribution in [0.4, 0.5) is 4.79 Å². The molecule has 0 aliphatic carbocycles. The molecule has 3 N–H and O–H groups in total. The Kier molecular flexibility index (Phi) is 6.40. The van der Waals surface area contributed by atoms with Gasteiger partial charge in [0.15, 0.2) is 0 Å². The molecule has 0 fully saturated rings. The number of aliphatic hydroxyl groups is 1. The van der Waals surface area contributed by atoms with E-state index >= 15 is 0 Å². The van der Waals surface area contributed by atoms with Crippen LogP contribution in [0.15, 0.2) is 6.20 Å². The molecule has 1 aromatic heterocycles. The zero-order valence-electron chi connectivity index (χ0n) is 12.2. The van der Waals surface area contributed by atoms with Gasteiger partial charge in [-0.1, -0.05) is 5.21 Å². The number of alkyl carbamates (subject to hydrolysis) is 1. The Bertz CT molecular complexity index is 413. The Morgan fingerprint density at radius 2 is 2.20 bits per heavy atom. The summed E-state index contributed by atoms with van der Waals surface area (Å²) in [5.74, 6) is 0. The maximum Gasteiger partial charge on any atom is 0.407 e. The molecule has 0 atom stereocenters. The molecule has 0 radical (unpaired) electrons. The van der Waals surface area contributed by atoms with Crippen LogP contribution in [0.5, 0.6) is 0 Å². The van der Waals surface area contributed by atoms with Gasteiger partial charge in [-0.15, -0.1) is 5.10 Å². The molecule has 0 unspecified atom stereocenters. The van der Waals surface area contributed by atoms with Crippen molar-refractivity contribution in [1.82, 2.24) is 25.6 Å². The molecular formula is C12H23N5O3. The highest BCUT2D eigenvalue weighted by Gasteiger charge is 2.15. The summed E-state index contributed by atoms with van der Waals surface area (Å²) in [6.07, 6.45) is 1.35. The van der Waals surface area contributed by atoms with E-state index in [2.05, 4.69) is 20.9 Å². The number of hydrogen-bond acceptors (Lipinski definition) is 6. The van der Waals surface area contributed by atoms with E-state index in [4.69, 9.17) is 9.84 Å². The zero-order chi connectivity index (χ0) is 15.0. The van der Waals surface area contributed by atoms with E-state index in [0.717, 1.165) is 5.69 Å². The van der Waals surface area contributed by atoms with E-state index in [1.54, 1.807) is 10.9 Å². The highest BCUT2D eigenvalue weighted by atomic mass is 16.6. The molecule has 0 aliphatic heterocycles. The Hall–Kier alpha value is -1.67. The number of nitrogens with zero attached hydrogens (tertiary/aromatic N) is 3. The number of hydrogen-bond donors (Lipinski definition) is 3. The Labute approximate surface area is 118 Å². The van der Waals surface area contributed by atoms with Crippen LogP contribution in [-0.4, -0.2) is 51.5 Å². The van der Waals surface area contributed by atoms with Crippen molar-refractivity contribution in [3.8, 4) is 0 Å². The van der Waals surface area contributed by atoms with Crippen LogP contribution in [0.25, 0.3) is 0 Å². The predicted octanol–water partition coefficient (Wildman–Crippen LogP) is -0.115. The van der Waals surface area contributed by atoms with Crippen LogP contribution in [0, 0.1) is 0 Å². The monoisotopic (exact) mass is 285 g/mol. The molecule has 114 valence electrons. The van der Waals surface area contributed by atoms with Crippen molar-refractivity contribution in [3.63, 3.8) is 0 Å². The number of carbonyl (C=O) groups is 1. The number of ether oxygens (including phenoxy) is 1. The fourth-order valence-electron chi connectivity index (χ4n) is 1.41. The van der Waals surface area contributed by atoms with Crippen LogP contribution in [0.1, 0.15) is 26.5 Å². The van der Waals surface area contributed by atoms with Gasteiger partial charge < -0.3 is 20.5 Å². The minimum Gasteiger partial charge on any atom is -0.444 e. The van der Waals surface area contributed by atoms with Gasteiger partial charge >= 0.3 is 6.09 Å². The lowest BCUT2D eigenvalue weighted by molar-refractivity contribution is 0.0528. The molecule has 8 heteroatoms. The van der Waals surface area contributed by atoms with Gasteiger partial charge in [0.05, 0.1) is 18.8 Å². The van der Waals surface area contributed by atoms with Gasteiger partial charge in [-0.3, -0.25) is 0 Å². The van der Waals surface area contributed by atoms with E-state index < -0.39 is 11.7 Å². The molecule has 0 aliphatic rings. The maximum absolute atomic E-state index is 11.4. The lowest BCUT2D eigenvalue weighted by Gasteiger charge is -2.19. The standard InChI is InChI=1S/C12H23N5O3/c1-12(2,3)20-11(19)14-5-4-13-8-10-9-17(6-7-18)16-15-10/h9,13,18H,4-8H2,1-3H3,(H,14,19).